The van der Waals surface area contributed by atoms with Crippen molar-refractivity contribution in [3.05, 3.63) is 33.8 Å². The summed E-state index contributed by atoms with van der Waals surface area (Å²) in [4.78, 5) is 12.1. The molecule has 0 aliphatic carbocycles. The summed E-state index contributed by atoms with van der Waals surface area (Å²) in [6.07, 6.45) is 0.666. The number of hydrogen-bond acceptors (Lipinski definition) is 2. The van der Waals surface area contributed by atoms with Crippen LogP contribution in [-0.4, -0.2) is 18.4 Å². The molecule has 0 radical (unpaired) electrons. The summed E-state index contributed by atoms with van der Waals surface area (Å²) in [5, 5.41) is 4.33. The molecule has 1 aromatic carbocycles. The van der Waals surface area contributed by atoms with Gasteiger partial charge in [-0.1, -0.05) is 57.0 Å². The highest BCUT2D eigenvalue weighted by Crippen LogP contribution is 2.27. The fraction of sp³-hybridized carbons (Fsp3) is 0.533. The van der Waals surface area contributed by atoms with Crippen molar-refractivity contribution in [2.75, 3.05) is 6.54 Å². The molecule has 2 nitrogen and oxygen atoms in total. The van der Waals surface area contributed by atoms with Crippen LogP contribution in [0.5, 0.6) is 0 Å². The van der Waals surface area contributed by atoms with E-state index in [9.17, 15) is 4.79 Å². The van der Waals surface area contributed by atoms with Gasteiger partial charge < -0.3 is 5.32 Å². The van der Waals surface area contributed by atoms with Crippen molar-refractivity contribution in [1.82, 2.24) is 5.32 Å². The summed E-state index contributed by atoms with van der Waals surface area (Å²) in [5.74, 6) is 0.267. The molecule has 1 saturated heterocycles. The highest BCUT2D eigenvalue weighted by atomic mass is 35.5. The van der Waals surface area contributed by atoms with Gasteiger partial charge in [0, 0.05) is 12.0 Å². The predicted octanol–water partition coefficient (Wildman–Crippen LogP) is 4.13. The number of halogens is 2. The molecule has 0 spiro atoms. The van der Waals surface area contributed by atoms with Gasteiger partial charge in [-0.2, -0.15) is 0 Å². The first kappa shape index (κ1) is 16.5. The Morgan fingerprint density at radius 1 is 1.26 bits per heavy atom. The van der Waals surface area contributed by atoms with Crippen LogP contribution in [-0.2, 0) is 11.2 Å². The second kappa shape index (κ2) is 6.74. The minimum Gasteiger partial charge on any atom is -0.306 e. The summed E-state index contributed by atoms with van der Waals surface area (Å²) >= 11 is 11.8. The molecule has 19 heavy (non-hydrogen) atoms. The number of Topliss-reactive ketones (excluding diaryl/α,β-unsaturated/α-hetero) is 1. The van der Waals surface area contributed by atoms with Gasteiger partial charge in [0.25, 0.3) is 0 Å². The van der Waals surface area contributed by atoms with Gasteiger partial charge >= 0.3 is 0 Å². The lowest BCUT2D eigenvalue weighted by molar-refractivity contribution is -0.125. The van der Waals surface area contributed by atoms with E-state index < -0.39 is 0 Å². The van der Waals surface area contributed by atoms with E-state index in [1.165, 1.54) is 0 Å². The number of hydrogen-bond donors (Lipinski definition) is 1. The number of nitrogens with one attached hydrogen (secondary N) is 1. The van der Waals surface area contributed by atoms with E-state index in [0.717, 1.165) is 12.1 Å². The maximum Gasteiger partial charge on any atom is 0.156 e. The summed E-state index contributed by atoms with van der Waals surface area (Å²) < 4.78 is 0. The summed E-state index contributed by atoms with van der Waals surface area (Å²) in [7, 11) is 0. The SMILES string of the molecule is CC.CC1(C)CNC(Cc2ccc(Cl)c(Cl)c2)C1=O. The van der Waals surface area contributed by atoms with Gasteiger partial charge in [0.2, 0.25) is 0 Å². The van der Waals surface area contributed by atoms with Crippen molar-refractivity contribution in [2.24, 2.45) is 5.41 Å². The molecular formula is C15H21Cl2NO. The Balaban J connectivity index is 0.000000861. The molecule has 1 atom stereocenters. The van der Waals surface area contributed by atoms with Crippen LogP contribution in [0, 0.1) is 5.41 Å². The van der Waals surface area contributed by atoms with Crippen LogP contribution in [0.1, 0.15) is 33.3 Å². The minimum atomic E-state index is -0.263. The quantitative estimate of drug-likeness (QED) is 0.890. The zero-order chi connectivity index (χ0) is 14.6. The Morgan fingerprint density at radius 3 is 2.37 bits per heavy atom. The van der Waals surface area contributed by atoms with E-state index in [1.54, 1.807) is 6.07 Å². The highest BCUT2D eigenvalue weighted by molar-refractivity contribution is 6.42. The Labute approximate surface area is 125 Å². The maximum absolute atomic E-state index is 12.1. The van der Waals surface area contributed by atoms with Gasteiger partial charge in [0.1, 0.15) is 0 Å². The predicted molar refractivity (Wildman–Crippen MR) is 82.1 cm³/mol. The van der Waals surface area contributed by atoms with Crippen LogP contribution >= 0.6 is 23.2 Å². The lowest BCUT2D eigenvalue weighted by Gasteiger charge is -2.14. The second-order valence-corrected chi connectivity index (χ2v) is 5.95. The molecule has 1 N–H and O–H groups in total. The van der Waals surface area contributed by atoms with Crippen LogP contribution in [0.15, 0.2) is 18.2 Å². The molecular weight excluding hydrogens is 281 g/mol. The third kappa shape index (κ3) is 3.95. The monoisotopic (exact) mass is 301 g/mol. The van der Waals surface area contributed by atoms with Gasteiger partial charge in [-0.15, -0.1) is 0 Å². The molecule has 1 aliphatic heterocycles. The molecule has 1 heterocycles. The molecule has 1 aromatic rings. The van der Waals surface area contributed by atoms with E-state index in [0.29, 0.717) is 16.5 Å². The van der Waals surface area contributed by atoms with Crippen LogP contribution in [0.3, 0.4) is 0 Å². The smallest absolute Gasteiger partial charge is 0.156 e. The number of rotatable bonds is 2. The molecule has 1 unspecified atom stereocenters. The highest BCUT2D eigenvalue weighted by Gasteiger charge is 2.39. The van der Waals surface area contributed by atoms with Gasteiger partial charge in [-0.3, -0.25) is 4.79 Å². The van der Waals surface area contributed by atoms with E-state index in [4.69, 9.17) is 23.2 Å². The third-order valence-electron chi connectivity index (χ3n) is 3.20. The van der Waals surface area contributed by atoms with Gasteiger partial charge in [-0.25, -0.2) is 0 Å². The lowest BCUT2D eigenvalue weighted by atomic mass is 9.87. The second-order valence-electron chi connectivity index (χ2n) is 5.13. The minimum absolute atomic E-state index is 0.109. The summed E-state index contributed by atoms with van der Waals surface area (Å²) in [6, 6.07) is 5.39. The normalized spacial score (nSPS) is 20.9. The number of benzene rings is 1. The fourth-order valence-corrected chi connectivity index (χ4v) is 2.42. The topological polar surface area (TPSA) is 29.1 Å². The van der Waals surface area contributed by atoms with Crippen LogP contribution < -0.4 is 5.32 Å². The van der Waals surface area contributed by atoms with Crippen LogP contribution in [0.2, 0.25) is 10.0 Å². The first-order chi connectivity index (χ1) is 8.90. The Kier molecular flexibility index (Phi) is 5.84. The van der Waals surface area contributed by atoms with Gasteiger partial charge in [0.05, 0.1) is 16.1 Å². The van der Waals surface area contributed by atoms with Crippen molar-refractivity contribution in [3.63, 3.8) is 0 Å². The first-order valence-corrected chi connectivity index (χ1v) is 7.37. The average Bonchev–Trinajstić information content (AvgIpc) is 2.63. The van der Waals surface area contributed by atoms with E-state index in [-0.39, 0.29) is 17.2 Å². The molecule has 0 saturated carbocycles. The third-order valence-corrected chi connectivity index (χ3v) is 3.94. The van der Waals surface area contributed by atoms with Crippen molar-refractivity contribution < 1.29 is 4.79 Å². The molecule has 0 amide bonds. The Morgan fingerprint density at radius 2 is 1.89 bits per heavy atom. The lowest BCUT2D eigenvalue weighted by Crippen LogP contribution is -2.31. The van der Waals surface area contributed by atoms with Crippen LogP contribution in [0.25, 0.3) is 0 Å². The largest absolute Gasteiger partial charge is 0.306 e. The van der Waals surface area contributed by atoms with E-state index in [2.05, 4.69) is 5.32 Å². The zero-order valence-electron chi connectivity index (χ0n) is 11.9. The summed E-state index contributed by atoms with van der Waals surface area (Å²) in [5.41, 5.74) is 0.768. The van der Waals surface area contributed by atoms with Gasteiger partial charge in [0.15, 0.2) is 5.78 Å². The Hall–Kier alpha value is -0.570. The summed E-state index contributed by atoms with van der Waals surface area (Å²) in [6.45, 7) is 8.67. The van der Waals surface area contributed by atoms with Crippen LogP contribution in [0.4, 0.5) is 0 Å². The standard InChI is InChI=1S/C13H15Cl2NO.C2H6/c1-13(2)7-16-11(12(13)17)6-8-3-4-9(14)10(15)5-8;1-2/h3-5,11,16H,6-7H2,1-2H3;1-2H3. The molecule has 2 rings (SSSR count). The number of carbonyl (C=O) groups is 1. The maximum atomic E-state index is 12.1. The number of ketones is 1. The van der Waals surface area contributed by atoms with Crippen molar-refractivity contribution >= 4 is 29.0 Å². The molecule has 4 heteroatoms. The molecule has 106 valence electrons. The average molecular weight is 302 g/mol. The van der Waals surface area contributed by atoms with Crippen molar-refractivity contribution in [3.8, 4) is 0 Å². The Bertz CT molecular complexity index is 457. The molecule has 0 bridgehead atoms. The fourth-order valence-electron chi connectivity index (χ4n) is 2.10. The molecule has 1 aliphatic rings. The van der Waals surface area contributed by atoms with Crippen molar-refractivity contribution in [2.45, 2.75) is 40.2 Å². The molecule has 1 fully saturated rings. The van der Waals surface area contributed by atoms with E-state index in [1.807, 2.05) is 39.8 Å². The number of carbonyl (C=O) groups excluding carboxylic acids is 1. The zero-order valence-corrected chi connectivity index (χ0v) is 13.4. The first-order valence-electron chi connectivity index (χ1n) is 6.62. The van der Waals surface area contributed by atoms with Crippen molar-refractivity contribution in [1.29, 1.82) is 0 Å². The van der Waals surface area contributed by atoms with E-state index >= 15 is 0 Å². The molecule has 0 aromatic heterocycles. The van der Waals surface area contributed by atoms with Gasteiger partial charge in [-0.05, 0) is 24.1 Å².